The van der Waals surface area contributed by atoms with E-state index in [1.54, 1.807) is 35.8 Å². The third kappa shape index (κ3) is 3.67. The Hall–Kier alpha value is -2.29. The van der Waals surface area contributed by atoms with Gasteiger partial charge in [-0.25, -0.2) is 13.4 Å². The summed E-state index contributed by atoms with van der Waals surface area (Å²) in [6.45, 7) is 2.94. The van der Waals surface area contributed by atoms with Crippen molar-refractivity contribution < 1.29 is 13.2 Å². The van der Waals surface area contributed by atoms with Gasteiger partial charge in [0.1, 0.15) is 0 Å². The second kappa shape index (κ2) is 7.62. The van der Waals surface area contributed by atoms with Crippen molar-refractivity contribution in [3.05, 3.63) is 53.0 Å². The molecular formula is C20H21N3O3S2. The molecule has 1 aliphatic heterocycles. The predicted octanol–water partition coefficient (Wildman–Crippen LogP) is 4.03. The van der Waals surface area contributed by atoms with E-state index in [0.717, 1.165) is 35.0 Å². The molecule has 0 bridgehead atoms. The lowest BCUT2D eigenvalue weighted by Crippen LogP contribution is -2.35. The van der Waals surface area contributed by atoms with E-state index >= 15 is 0 Å². The highest BCUT2D eigenvalue weighted by atomic mass is 32.2. The van der Waals surface area contributed by atoms with Gasteiger partial charge >= 0.3 is 0 Å². The molecule has 2 aromatic carbocycles. The molecular weight excluding hydrogens is 394 g/mol. The average Bonchev–Trinajstić information content (AvgIpc) is 3.18. The first kappa shape index (κ1) is 19.0. The minimum Gasteiger partial charge on any atom is -0.322 e. The van der Waals surface area contributed by atoms with Gasteiger partial charge in [-0.05, 0) is 55.7 Å². The number of aromatic nitrogens is 1. The van der Waals surface area contributed by atoms with Crippen LogP contribution in [0.5, 0.6) is 0 Å². The Bertz CT molecular complexity index is 1130. The third-order valence-corrected chi connectivity index (χ3v) is 7.69. The number of aryl methyl sites for hydroxylation is 1. The van der Waals surface area contributed by atoms with Crippen molar-refractivity contribution in [2.45, 2.75) is 31.1 Å². The fourth-order valence-electron chi connectivity index (χ4n) is 3.34. The largest absolute Gasteiger partial charge is 0.322 e. The van der Waals surface area contributed by atoms with Crippen LogP contribution < -0.4 is 5.32 Å². The maximum Gasteiger partial charge on any atom is 0.255 e. The van der Waals surface area contributed by atoms with Gasteiger partial charge < -0.3 is 5.32 Å². The van der Waals surface area contributed by atoms with Crippen LogP contribution in [0.3, 0.4) is 0 Å². The minimum atomic E-state index is -3.55. The van der Waals surface area contributed by atoms with Crippen molar-refractivity contribution in [2.75, 3.05) is 18.4 Å². The van der Waals surface area contributed by atoms with Gasteiger partial charge in [0.05, 0.1) is 20.6 Å². The summed E-state index contributed by atoms with van der Waals surface area (Å²) in [7, 11) is -3.55. The number of thiazole rings is 1. The van der Waals surface area contributed by atoms with Gasteiger partial charge in [-0.2, -0.15) is 4.31 Å². The van der Waals surface area contributed by atoms with Crippen molar-refractivity contribution in [1.82, 2.24) is 9.29 Å². The number of carbonyl (C=O) groups excluding carboxylic acids is 1. The van der Waals surface area contributed by atoms with Crippen molar-refractivity contribution in [3.8, 4) is 0 Å². The molecule has 0 atom stereocenters. The summed E-state index contributed by atoms with van der Waals surface area (Å²) in [6.07, 6.45) is 2.83. The van der Waals surface area contributed by atoms with Crippen LogP contribution in [0.25, 0.3) is 10.2 Å². The van der Waals surface area contributed by atoms with E-state index in [-0.39, 0.29) is 10.8 Å². The number of benzene rings is 2. The Morgan fingerprint density at radius 2 is 1.89 bits per heavy atom. The van der Waals surface area contributed by atoms with Crippen molar-refractivity contribution in [1.29, 1.82) is 0 Å². The van der Waals surface area contributed by atoms with E-state index in [1.165, 1.54) is 15.6 Å². The normalized spacial score (nSPS) is 15.6. The Labute approximate surface area is 168 Å². The van der Waals surface area contributed by atoms with E-state index in [9.17, 15) is 13.2 Å². The highest BCUT2D eigenvalue weighted by Crippen LogP contribution is 2.26. The van der Waals surface area contributed by atoms with E-state index in [1.807, 2.05) is 13.0 Å². The van der Waals surface area contributed by atoms with Gasteiger partial charge in [-0.1, -0.05) is 12.5 Å². The summed E-state index contributed by atoms with van der Waals surface area (Å²) >= 11 is 1.47. The lowest BCUT2D eigenvalue weighted by molar-refractivity contribution is 0.102. The zero-order valence-electron chi connectivity index (χ0n) is 15.5. The molecule has 0 radical (unpaired) electrons. The molecule has 1 aliphatic rings. The molecule has 0 aliphatic carbocycles. The first-order valence-electron chi connectivity index (χ1n) is 9.20. The molecule has 2 heterocycles. The molecule has 3 aromatic rings. The quantitative estimate of drug-likeness (QED) is 0.698. The predicted molar refractivity (Wildman–Crippen MR) is 111 cm³/mol. The van der Waals surface area contributed by atoms with Gasteiger partial charge in [-0.15, -0.1) is 11.3 Å². The molecule has 0 spiro atoms. The fraction of sp³-hybridized carbons (Fsp3) is 0.300. The SMILES string of the molecule is Cc1ccc(S(=O)(=O)N2CCCCC2)cc1NC(=O)c1ccc2ncsc2c1. The second-order valence-corrected chi connectivity index (χ2v) is 9.75. The van der Waals surface area contributed by atoms with Gasteiger partial charge in [0.15, 0.2) is 0 Å². The first-order valence-corrected chi connectivity index (χ1v) is 11.5. The number of fused-ring (bicyclic) bond motifs is 1. The Balaban J connectivity index is 1.60. The van der Waals surface area contributed by atoms with Gasteiger partial charge in [0.2, 0.25) is 10.0 Å². The summed E-state index contributed by atoms with van der Waals surface area (Å²) in [6, 6.07) is 10.2. The summed E-state index contributed by atoms with van der Waals surface area (Å²) in [5.41, 5.74) is 4.43. The smallest absolute Gasteiger partial charge is 0.255 e. The second-order valence-electron chi connectivity index (χ2n) is 6.93. The number of rotatable bonds is 4. The minimum absolute atomic E-state index is 0.216. The van der Waals surface area contributed by atoms with Gasteiger partial charge in [0.25, 0.3) is 5.91 Å². The maximum atomic E-state index is 12.9. The Morgan fingerprint density at radius 1 is 1.11 bits per heavy atom. The van der Waals surface area contributed by atoms with E-state index in [0.29, 0.717) is 24.3 Å². The van der Waals surface area contributed by atoms with Crippen LogP contribution >= 0.6 is 11.3 Å². The summed E-state index contributed by atoms with van der Waals surface area (Å²) in [5, 5.41) is 2.86. The summed E-state index contributed by atoms with van der Waals surface area (Å²) in [5.74, 6) is -0.272. The van der Waals surface area contributed by atoms with E-state index in [4.69, 9.17) is 0 Å². The molecule has 4 rings (SSSR count). The molecule has 8 heteroatoms. The van der Waals surface area contributed by atoms with Crippen molar-refractivity contribution >= 4 is 43.2 Å². The molecule has 6 nitrogen and oxygen atoms in total. The van der Waals surface area contributed by atoms with Crippen molar-refractivity contribution in [2.24, 2.45) is 0 Å². The summed E-state index contributed by atoms with van der Waals surface area (Å²) in [4.78, 5) is 17.1. The van der Waals surface area contributed by atoms with Gasteiger partial charge in [-0.3, -0.25) is 4.79 Å². The Kier molecular flexibility index (Phi) is 5.18. The topological polar surface area (TPSA) is 79.4 Å². The number of amides is 1. The van der Waals surface area contributed by atoms with Gasteiger partial charge in [0, 0.05) is 24.3 Å². The molecule has 0 saturated carbocycles. The molecule has 146 valence electrons. The van der Waals surface area contributed by atoms with Crippen LogP contribution in [0.2, 0.25) is 0 Å². The molecule has 1 fully saturated rings. The highest BCUT2D eigenvalue weighted by molar-refractivity contribution is 7.89. The molecule has 28 heavy (non-hydrogen) atoms. The number of nitrogens with one attached hydrogen (secondary N) is 1. The first-order chi connectivity index (χ1) is 13.4. The fourth-order valence-corrected chi connectivity index (χ4v) is 5.60. The zero-order chi connectivity index (χ0) is 19.7. The number of piperidine rings is 1. The molecule has 1 saturated heterocycles. The third-order valence-electron chi connectivity index (χ3n) is 5.00. The lowest BCUT2D eigenvalue weighted by atomic mass is 10.1. The number of anilines is 1. The van der Waals surface area contributed by atoms with Crippen LogP contribution in [0.1, 0.15) is 35.2 Å². The zero-order valence-corrected chi connectivity index (χ0v) is 17.1. The lowest BCUT2D eigenvalue weighted by Gasteiger charge is -2.26. The number of hydrogen-bond acceptors (Lipinski definition) is 5. The number of hydrogen-bond donors (Lipinski definition) is 1. The van der Waals surface area contributed by atoms with E-state index in [2.05, 4.69) is 10.3 Å². The highest BCUT2D eigenvalue weighted by Gasteiger charge is 2.26. The maximum absolute atomic E-state index is 12.9. The van der Waals surface area contributed by atoms with Crippen LogP contribution in [-0.4, -0.2) is 36.7 Å². The molecule has 1 N–H and O–H groups in total. The van der Waals surface area contributed by atoms with Crippen LogP contribution in [0.4, 0.5) is 5.69 Å². The monoisotopic (exact) mass is 415 g/mol. The number of sulfonamides is 1. The Morgan fingerprint density at radius 3 is 2.68 bits per heavy atom. The van der Waals surface area contributed by atoms with Crippen LogP contribution in [0, 0.1) is 6.92 Å². The van der Waals surface area contributed by atoms with Crippen molar-refractivity contribution in [3.63, 3.8) is 0 Å². The van der Waals surface area contributed by atoms with Crippen LogP contribution in [0.15, 0.2) is 46.8 Å². The molecule has 1 aromatic heterocycles. The standard InChI is InChI=1S/C20H21N3O3S2/c1-14-5-7-16(28(25,26)23-9-3-2-4-10-23)12-18(14)22-20(24)15-6-8-17-19(11-15)27-13-21-17/h5-8,11-13H,2-4,9-10H2,1H3,(H,22,24). The average molecular weight is 416 g/mol. The molecule has 1 amide bonds. The van der Waals surface area contributed by atoms with E-state index < -0.39 is 10.0 Å². The van der Waals surface area contributed by atoms with Crippen LogP contribution in [-0.2, 0) is 10.0 Å². The molecule has 0 unspecified atom stereocenters. The number of carbonyl (C=O) groups is 1. The summed E-state index contributed by atoms with van der Waals surface area (Å²) < 4.78 is 28.3. The number of nitrogens with zero attached hydrogens (tertiary/aromatic N) is 2.